The quantitative estimate of drug-likeness (QED) is 0.854. The Kier molecular flexibility index (Phi) is 8.05. The zero-order valence-corrected chi connectivity index (χ0v) is 12.8. The van der Waals surface area contributed by atoms with Crippen molar-refractivity contribution >= 4 is 12.4 Å². The molecule has 1 unspecified atom stereocenters. The van der Waals surface area contributed by atoms with E-state index in [-0.39, 0.29) is 18.4 Å². The lowest BCUT2D eigenvalue weighted by Crippen LogP contribution is -2.22. The van der Waals surface area contributed by atoms with E-state index in [0.29, 0.717) is 0 Å². The molecule has 0 saturated heterocycles. The van der Waals surface area contributed by atoms with Crippen LogP contribution in [0.2, 0.25) is 0 Å². The first-order chi connectivity index (χ1) is 8.10. The smallest absolute Gasteiger partial charge is 0.122 e. The highest BCUT2D eigenvalue weighted by molar-refractivity contribution is 5.85. The molecule has 18 heavy (non-hydrogen) atoms. The van der Waals surface area contributed by atoms with E-state index in [4.69, 9.17) is 10.5 Å². The van der Waals surface area contributed by atoms with Gasteiger partial charge in [0.2, 0.25) is 0 Å². The minimum Gasteiger partial charge on any atom is -0.493 e. The van der Waals surface area contributed by atoms with Crippen molar-refractivity contribution in [2.75, 3.05) is 6.61 Å². The molecule has 0 spiro atoms. The van der Waals surface area contributed by atoms with Crippen molar-refractivity contribution in [1.29, 1.82) is 0 Å². The molecule has 0 amide bonds. The monoisotopic (exact) mass is 271 g/mol. The maximum Gasteiger partial charge on any atom is 0.122 e. The van der Waals surface area contributed by atoms with Gasteiger partial charge in [-0.25, -0.2) is 0 Å². The van der Waals surface area contributed by atoms with Crippen LogP contribution in [-0.4, -0.2) is 12.6 Å². The Morgan fingerprint density at radius 3 is 2.39 bits per heavy atom. The molecule has 0 bridgehead atoms. The Labute approximate surface area is 117 Å². The predicted molar refractivity (Wildman–Crippen MR) is 80.9 cm³/mol. The van der Waals surface area contributed by atoms with Crippen LogP contribution in [0.1, 0.15) is 43.4 Å². The van der Waals surface area contributed by atoms with Crippen LogP contribution in [0.3, 0.4) is 0 Å². The van der Waals surface area contributed by atoms with Crippen molar-refractivity contribution in [2.24, 2.45) is 5.73 Å². The van der Waals surface area contributed by atoms with Crippen LogP contribution in [-0.2, 0) is 6.42 Å². The van der Waals surface area contributed by atoms with Gasteiger partial charge in [0.15, 0.2) is 0 Å². The van der Waals surface area contributed by atoms with Crippen LogP contribution < -0.4 is 10.5 Å². The molecule has 0 saturated carbocycles. The molecular formula is C15H26ClNO. The summed E-state index contributed by atoms with van der Waals surface area (Å²) in [6.45, 7) is 9.32. The summed E-state index contributed by atoms with van der Waals surface area (Å²) in [6, 6.07) is 4.49. The zero-order chi connectivity index (χ0) is 12.8. The summed E-state index contributed by atoms with van der Waals surface area (Å²) >= 11 is 0. The van der Waals surface area contributed by atoms with Crippen LogP contribution in [0.4, 0.5) is 0 Å². The molecule has 0 fully saturated rings. The molecule has 2 N–H and O–H groups in total. The molecule has 104 valence electrons. The van der Waals surface area contributed by atoms with Gasteiger partial charge in [0, 0.05) is 6.04 Å². The molecule has 2 nitrogen and oxygen atoms in total. The van der Waals surface area contributed by atoms with Gasteiger partial charge in [-0.15, -0.1) is 12.4 Å². The molecular weight excluding hydrogens is 246 g/mol. The Balaban J connectivity index is 0.00000289. The predicted octanol–water partition coefficient (Wildman–Crippen LogP) is 3.79. The van der Waals surface area contributed by atoms with Crippen LogP contribution in [0.25, 0.3) is 0 Å². The summed E-state index contributed by atoms with van der Waals surface area (Å²) in [5.74, 6) is 1.01. The normalized spacial score (nSPS) is 11.8. The Hall–Kier alpha value is -0.730. The van der Waals surface area contributed by atoms with Gasteiger partial charge in [0.05, 0.1) is 6.61 Å². The van der Waals surface area contributed by atoms with Crippen LogP contribution >= 0.6 is 12.4 Å². The summed E-state index contributed by atoms with van der Waals surface area (Å²) in [7, 11) is 0. The van der Waals surface area contributed by atoms with Crippen molar-refractivity contribution in [1.82, 2.24) is 0 Å². The van der Waals surface area contributed by atoms with Crippen LogP contribution in [0.15, 0.2) is 12.1 Å². The molecule has 0 aliphatic carbocycles. The Morgan fingerprint density at radius 1 is 1.17 bits per heavy atom. The van der Waals surface area contributed by atoms with Gasteiger partial charge in [-0.05, 0) is 55.9 Å². The van der Waals surface area contributed by atoms with Gasteiger partial charge < -0.3 is 10.5 Å². The molecule has 0 heterocycles. The van der Waals surface area contributed by atoms with Crippen molar-refractivity contribution in [3.63, 3.8) is 0 Å². The summed E-state index contributed by atoms with van der Waals surface area (Å²) in [4.78, 5) is 0. The number of ether oxygens (including phenoxy) is 1. The minimum absolute atomic E-state index is 0. The topological polar surface area (TPSA) is 35.2 Å². The van der Waals surface area contributed by atoms with Gasteiger partial charge in [-0.2, -0.15) is 0 Å². The van der Waals surface area contributed by atoms with E-state index in [9.17, 15) is 0 Å². The van der Waals surface area contributed by atoms with Crippen molar-refractivity contribution in [3.8, 4) is 5.75 Å². The van der Waals surface area contributed by atoms with Gasteiger partial charge in [-0.3, -0.25) is 0 Å². The Morgan fingerprint density at radius 2 is 1.83 bits per heavy atom. The maximum absolute atomic E-state index is 6.01. The number of benzene rings is 1. The first-order valence-electron chi connectivity index (χ1n) is 6.57. The highest BCUT2D eigenvalue weighted by Gasteiger charge is 2.09. The van der Waals surface area contributed by atoms with E-state index in [1.165, 1.54) is 16.7 Å². The average Bonchev–Trinajstić information content (AvgIpc) is 2.34. The van der Waals surface area contributed by atoms with Crippen LogP contribution in [0, 0.1) is 13.8 Å². The molecule has 3 heteroatoms. The lowest BCUT2D eigenvalue weighted by atomic mass is 9.96. The average molecular weight is 272 g/mol. The van der Waals surface area contributed by atoms with Crippen LogP contribution in [0.5, 0.6) is 5.75 Å². The van der Waals surface area contributed by atoms with Gasteiger partial charge in [0.1, 0.15) is 5.75 Å². The second kappa shape index (κ2) is 8.39. The SMILES string of the molecule is CCCOc1ccc(CC(N)CC)c(C)c1C.Cl. The molecule has 1 rings (SSSR count). The van der Waals surface area contributed by atoms with E-state index < -0.39 is 0 Å². The Bertz CT molecular complexity index is 366. The standard InChI is InChI=1S/C15H25NO.ClH/c1-5-9-17-15-8-7-13(10-14(16)6-2)11(3)12(15)4;/h7-8,14H,5-6,9-10,16H2,1-4H3;1H. The minimum atomic E-state index is 0. The summed E-state index contributed by atoms with van der Waals surface area (Å²) in [6.07, 6.45) is 3.02. The molecule has 1 aromatic carbocycles. The molecule has 0 aromatic heterocycles. The summed E-state index contributed by atoms with van der Waals surface area (Å²) in [5.41, 5.74) is 9.93. The van der Waals surface area contributed by atoms with E-state index in [1.54, 1.807) is 0 Å². The summed E-state index contributed by atoms with van der Waals surface area (Å²) < 4.78 is 5.72. The number of hydrogen-bond acceptors (Lipinski definition) is 2. The third-order valence-electron chi connectivity index (χ3n) is 3.32. The highest BCUT2D eigenvalue weighted by atomic mass is 35.5. The van der Waals surface area contributed by atoms with Crippen molar-refractivity contribution < 1.29 is 4.74 Å². The van der Waals surface area contributed by atoms with Gasteiger partial charge in [0.25, 0.3) is 0 Å². The first-order valence-corrected chi connectivity index (χ1v) is 6.57. The molecule has 0 aliphatic heterocycles. The number of hydrogen-bond donors (Lipinski definition) is 1. The second-order valence-corrected chi connectivity index (χ2v) is 4.69. The summed E-state index contributed by atoms with van der Waals surface area (Å²) in [5, 5.41) is 0. The van der Waals surface area contributed by atoms with E-state index >= 15 is 0 Å². The van der Waals surface area contributed by atoms with Gasteiger partial charge in [-0.1, -0.05) is 19.9 Å². The number of halogens is 1. The highest BCUT2D eigenvalue weighted by Crippen LogP contribution is 2.25. The van der Waals surface area contributed by atoms with Crippen molar-refractivity contribution in [2.45, 2.75) is 53.0 Å². The van der Waals surface area contributed by atoms with E-state index in [2.05, 4.69) is 39.8 Å². The lowest BCUT2D eigenvalue weighted by molar-refractivity contribution is 0.315. The lowest BCUT2D eigenvalue weighted by Gasteiger charge is -2.16. The van der Waals surface area contributed by atoms with E-state index in [0.717, 1.165) is 31.6 Å². The number of rotatable bonds is 6. The van der Waals surface area contributed by atoms with Crippen molar-refractivity contribution in [3.05, 3.63) is 28.8 Å². The molecule has 0 aliphatic rings. The number of nitrogens with two attached hydrogens (primary N) is 1. The van der Waals surface area contributed by atoms with Gasteiger partial charge >= 0.3 is 0 Å². The third-order valence-corrected chi connectivity index (χ3v) is 3.32. The fourth-order valence-electron chi connectivity index (χ4n) is 1.87. The molecule has 1 aromatic rings. The second-order valence-electron chi connectivity index (χ2n) is 4.69. The van der Waals surface area contributed by atoms with E-state index in [1.807, 2.05) is 0 Å². The fourth-order valence-corrected chi connectivity index (χ4v) is 1.87. The molecule has 0 radical (unpaired) electrons. The fraction of sp³-hybridized carbons (Fsp3) is 0.600. The first kappa shape index (κ1) is 17.3. The zero-order valence-electron chi connectivity index (χ0n) is 12.0. The molecule has 1 atom stereocenters. The maximum atomic E-state index is 6.01. The third kappa shape index (κ3) is 4.51. The largest absolute Gasteiger partial charge is 0.493 e.